The third kappa shape index (κ3) is 4.75. The number of hydrogen-bond acceptors (Lipinski definition) is 4. The molecule has 0 saturated carbocycles. The van der Waals surface area contributed by atoms with E-state index in [1.54, 1.807) is 58.9 Å². The second-order valence-corrected chi connectivity index (χ2v) is 6.52. The van der Waals surface area contributed by atoms with Crippen molar-refractivity contribution in [2.24, 2.45) is 5.92 Å². The van der Waals surface area contributed by atoms with Crippen LogP contribution in [0.15, 0.2) is 24.3 Å². The number of nitrogens with one attached hydrogen (secondary N) is 3. The molecule has 2 rings (SSSR count). The first-order valence-electron chi connectivity index (χ1n) is 8.83. The van der Waals surface area contributed by atoms with Crippen molar-refractivity contribution in [1.29, 1.82) is 0 Å². The van der Waals surface area contributed by atoms with Crippen molar-refractivity contribution in [1.82, 2.24) is 4.98 Å². The predicted octanol–water partition coefficient (Wildman–Crippen LogP) is 3.66. The number of ether oxygens (including phenoxy) is 1. The number of aromatic amines is 1. The van der Waals surface area contributed by atoms with Crippen LogP contribution in [0.5, 0.6) is 0 Å². The molecular weight excluding hydrogens is 346 g/mol. The van der Waals surface area contributed by atoms with Crippen LogP contribution in [-0.4, -0.2) is 29.4 Å². The van der Waals surface area contributed by atoms with E-state index in [9.17, 15) is 14.4 Å². The quantitative estimate of drug-likeness (QED) is 0.675. The van der Waals surface area contributed by atoms with Crippen molar-refractivity contribution < 1.29 is 19.1 Å². The molecule has 3 N–H and O–H groups in total. The van der Waals surface area contributed by atoms with Gasteiger partial charge in [0.25, 0.3) is 5.91 Å². The second kappa shape index (κ2) is 8.53. The van der Waals surface area contributed by atoms with Crippen LogP contribution in [0.1, 0.15) is 52.9 Å². The van der Waals surface area contributed by atoms with Gasteiger partial charge in [0.2, 0.25) is 5.91 Å². The molecule has 0 aliphatic rings. The fourth-order valence-electron chi connectivity index (χ4n) is 2.64. The second-order valence-electron chi connectivity index (χ2n) is 6.52. The summed E-state index contributed by atoms with van der Waals surface area (Å²) in [6, 6.07) is 6.89. The molecule has 0 bridgehead atoms. The lowest BCUT2D eigenvalue weighted by atomic mass is 10.1. The van der Waals surface area contributed by atoms with Gasteiger partial charge in [0.05, 0.1) is 12.2 Å². The van der Waals surface area contributed by atoms with Crippen LogP contribution < -0.4 is 10.6 Å². The predicted molar refractivity (Wildman–Crippen MR) is 104 cm³/mol. The molecule has 1 aromatic heterocycles. The van der Waals surface area contributed by atoms with E-state index >= 15 is 0 Å². The number of amides is 2. The van der Waals surface area contributed by atoms with Crippen LogP contribution in [0.25, 0.3) is 0 Å². The Hall–Kier alpha value is -3.09. The summed E-state index contributed by atoms with van der Waals surface area (Å²) < 4.78 is 5.04. The Labute approximate surface area is 158 Å². The molecule has 0 unspecified atom stereocenters. The van der Waals surface area contributed by atoms with E-state index < -0.39 is 5.97 Å². The number of esters is 1. The molecule has 144 valence electrons. The Morgan fingerprint density at radius 2 is 1.74 bits per heavy atom. The van der Waals surface area contributed by atoms with Crippen molar-refractivity contribution in [3.05, 3.63) is 46.8 Å². The molecule has 7 nitrogen and oxygen atoms in total. The molecule has 7 heteroatoms. The summed E-state index contributed by atoms with van der Waals surface area (Å²) in [6.45, 7) is 9.02. The molecule has 27 heavy (non-hydrogen) atoms. The molecule has 0 spiro atoms. The SMILES string of the molecule is CCOC(=O)c1c(C)[nH]c(C(=O)Nc2cccc(NC(=O)C(C)C)c2)c1C. The topological polar surface area (TPSA) is 100 Å². The Morgan fingerprint density at radius 1 is 1.11 bits per heavy atom. The lowest BCUT2D eigenvalue weighted by molar-refractivity contribution is -0.118. The van der Waals surface area contributed by atoms with Gasteiger partial charge in [0.1, 0.15) is 5.69 Å². The molecule has 1 aromatic carbocycles. The number of rotatable bonds is 6. The molecule has 2 aromatic rings. The average molecular weight is 371 g/mol. The maximum absolute atomic E-state index is 12.6. The van der Waals surface area contributed by atoms with E-state index in [2.05, 4.69) is 15.6 Å². The van der Waals surface area contributed by atoms with Gasteiger partial charge in [0, 0.05) is 23.0 Å². The van der Waals surface area contributed by atoms with Gasteiger partial charge in [-0.2, -0.15) is 0 Å². The zero-order valence-corrected chi connectivity index (χ0v) is 16.2. The van der Waals surface area contributed by atoms with Gasteiger partial charge >= 0.3 is 5.97 Å². The smallest absolute Gasteiger partial charge is 0.340 e. The van der Waals surface area contributed by atoms with Gasteiger partial charge in [-0.1, -0.05) is 19.9 Å². The Bertz CT molecular complexity index is 868. The van der Waals surface area contributed by atoms with Crippen molar-refractivity contribution in [2.45, 2.75) is 34.6 Å². The third-order valence-corrected chi connectivity index (χ3v) is 4.06. The van der Waals surface area contributed by atoms with Gasteiger partial charge in [-0.05, 0) is 44.5 Å². The highest BCUT2D eigenvalue weighted by Gasteiger charge is 2.23. The van der Waals surface area contributed by atoms with Crippen molar-refractivity contribution in [3.8, 4) is 0 Å². The maximum atomic E-state index is 12.6. The number of hydrogen-bond donors (Lipinski definition) is 3. The molecule has 0 aliphatic heterocycles. The molecular formula is C20H25N3O4. The van der Waals surface area contributed by atoms with E-state index in [-0.39, 0.29) is 24.3 Å². The summed E-state index contributed by atoms with van der Waals surface area (Å²) in [4.78, 5) is 39.5. The van der Waals surface area contributed by atoms with Gasteiger partial charge in [-0.15, -0.1) is 0 Å². The minimum absolute atomic E-state index is 0.103. The number of anilines is 2. The number of H-pyrrole nitrogens is 1. The Morgan fingerprint density at radius 3 is 2.33 bits per heavy atom. The van der Waals surface area contributed by atoms with Crippen LogP contribution in [0, 0.1) is 19.8 Å². The Balaban J connectivity index is 2.20. The summed E-state index contributed by atoms with van der Waals surface area (Å²) in [5.74, 6) is -1.08. The number of benzene rings is 1. The number of aromatic nitrogens is 1. The first kappa shape index (κ1) is 20.2. The van der Waals surface area contributed by atoms with Crippen LogP contribution in [0.4, 0.5) is 11.4 Å². The molecule has 0 radical (unpaired) electrons. The highest BCUT2D eigenvalue weighted by atomic mass is 16.5. The minimum atomic E-state index is -0.457. The number of carbonyl (C=O) groups excluding carboxylic acids is 3. The number of aryl methyl sites for hydroxylation is 1. The lowest BCUT2D eigenvalue weighted by Gasteiger charge is -2.10. The Kier molecular flexibility index (Phi) is 6.39. The normalized spacial score (nSPS) is 10.6. The fraction of sp³-hybridized carbons (Fsp3) is 0.350. The van der Waals surface area contributed by atoms with Crippen LogP contribution in [-0.2, 0) is 9.53 Å². The first-order valence-corrected chi connectivity index (χ1v) is 8.83. The average Bonchev–Trinajstić information content (AvgIpc) is 2.90. The fourth-order valence-corrected chi connectivity index (χ4v) is 2.64. The van der Waals surface area contributed by atoms with E-state index in [0.29, 0.717) is 33.9 Å². The summed E-state index contributed by atoms with van der Waals surface area (Å²) >= 11 is 0. The van der Waals surface area contributed by atoms with Crippen LogP contribution in [0.2, 0.25) is 0 Å². The van der Waals surface area contributed by atoms with E-state index in [1.165, 1.54) is 0 Å². The largest absolute Gasteiger partial charge is 0.462 e. The highest BCUT2D eigenvalue weighted by molar-refractivity contribution is 6.07. The molecule has 2 amide bonds. The van der Waals surface area contributed by atoms with Gasteiger partial charge in [0.15, 0.2) is 0 Å². The monoisotopic (exact) mass is 371 g/mol. The zero-order chi connectivity index (χ0) is 20.1. The molecule has 0 fully saturated rings. The van der Waals surface area contributed by atoms with Crippen LogP contribution >= 0.6 is 0 Å². The third-order valence-electron chi connectivity index (χ3n) is 4.06. The minimum Gasteiger partial charge on any atom is -0.462 e. The highest BCUT2D eigenvalue weighted by Crippen LogP contribution is 2.21. The molecule has 0 saturated heterocycles. The van der Waals surface area contributed by atoms with Gasteiger partial charge < -0.3 is 20.4 Å². The summed E-state index contributed by atoms with van der Waals surface area (Å²) in [5.41, 5.74) is 2.91. The van der Waals surface area contributed by atoms with Crippen molar-refractivity contribution in [2.75, 3.05) is 17.2 Å². The molecule has 0 aliphatic carbocycles. The number of carbonyl (C=O) groups is 3. The standard InChI is InChI=1S/C20H25N3O4/c1-6-27-20(26)16-12(4)17(21-13(16)5)19(25)23-15-9-7-8-14(10-15)22-18(24)11(2)3/h7-11,21H,6H2,1-5H3,(H,22,24)(H,23,25). The molecule has 1 heterocycles. The lowest BCUT2D eigenvalue weighted by Crippen LogP contribution is -2.18. The summed E-state index contributed by atoms with van der Waals surface area (Å²) in [7, 11) is 0. The first-order chi connectivity index (χ1) is 12.7. The zero-order valence-electron chi connectivity index (χ0n) is 16.2. The van der Waals surface area contributed by atoms with E-state index in [1.807, 2.05) is 0 Å². The molecule has 0 atom stereocenters. The van der Waals surface area contributed by atoms with Crippen molar-refractivity contribution in [3.63, 3.8) is 0 Å². The van der Waals surface area contributed by atoms with Crippen molar-refractivity contribution >= 4 is 29.2 Å². The van der Waals surface area contributed by atoms with Gasteiger partial charge in [-0.3, -0.25) is 9.59 Å². The summed E-state index contributed by atoms with van der Waals surface area (Å²) in [5, 5.41) is 5.57. The van der Waals surface area contributed by atoms with Crippen LogP contribution in [0.3, 0.4) is 0 Å². The van der Waals surface area contributed by atoms with Gasteiger partial charge in [-0.25, -0.2) is 4.79 Å². The van der Waals surface area contributed by atoms with E-state index in [0.717, 1.165) is 0 Å². The summed E-state index contributed by atoms with van der Waals surface area (Å²) in [6.07, 6.45) is 0. The van der Waals surface area contributed by atoms with E-state index in [4.69, 9.17) is 4.74 Å². The maximum Gasteiger partial charge on any atom is 0.340 e.